The van der Waals surface area contributed by atoms with Crippen LogP contribution in [-0.4, -0.2) is 19.6 Å². The molecule has 0 atom stereocenters. The lowest BCUT2D eigenvalue weighted by molar-refractivity contribution is -0.126. The average molecular weight is 297 g/mol. The van der Waals surface area contributed by atoms with Crippen molar-refractivity contribution in [3.05, 3.63) is 23.2 Å². The molecule has 4 nitrogen and oxygen atoms in total. The number of methoxy groups -OCH3 is 1. The SMILES string of the molecule is COc1ccc(Cl)cc1NC(=O)C1(CN)CCCCC1. The second kappa shape index (κ2) is 6.46. The highest BCUT2D eigenvalue weighted by Crippen LogP contribution is 2.37. The molecule has 20 heavy (non-hydrogen) atoms. The summed E-state index contributed by atoms with van der Waals surface area (Å²) in [5, 5.41) is 3.50. The topological polar surface area (TPSA) is 64.3 Å². The van der Waals surface area contributed by atoms with Gasteiger partial charge in [0.15, 0.2) is 0 Å². The molecule has 0 aromatic heterocycles. The van der Waals surface area contributed by atoms with Crippen LogP contribution in [0.1, 0.15) is 32.1 Å². The minimum absolute atomic E-state index is 0.0275. The first-order chi connectivity index (χ1) is 9.61. The fourth-order valence-electron chi connectivity index (χ4n) is 2.79. The molecule has 0 saturated heterocycles. The molecule has 1 aliphatic rings. The first kappa shape index (κ1) is 15.1. The second-order valence-electron chi connectivity index (χ2n) is 5.34. The van der Waals surface area contributed by atoms with E-state index in [4.69, 9.17) is 22.1 Å². The van der Waals surface area contributed by atoms with Gasteiger partial charge in [0, 0.05) is 11.6 Å². The first-order valence-corrected chi connectivity index (χ1v) is 7.34. The van der Waals surface area contributed by atoms with Crippen molar-refractivity contribution >= 4 is 23.2 Å². The van der Waals surface area contributed by atoms with Crippen LogP contribution in [0.2, 0.25) is 5.02 Å². The van der Waals surface area contributed by atoms with E-state index < -0.39 is 5.41 Å². The Balaban J connectivity index is 2.20. The third-order valence-corrected chi connectivity index (χ3v) is 4.33. The van der Waals surface area contributed by atoms with Crippen LogP contribution in [0.25, 0.3) is 0 Å². The number of carbonyl (C=O) groups is 1. The number of anilines is 1. The number of benzene rings is 1. The molecule has 1 aliphatic carbocycles. The molecule has 0 unspecified atom stereocenters. The zero-order chi connectivity index (χ0) is 14.6. The Morgan fingerprint density at radius 1 is 1.40 bits per heavy atom. The first-order valence-electron chi connectivity index (χ1n) is 6.96. The van der Waals surface area contributed by atoms with Gasteiger partial charge in [0.05, 0.1) is 18.2 Å². The van der Waals surface area contributed by atoms with Gasteiger partial charge in [-0.3, -0.25) is 4.79 Å². The normalized spacial score (nSPS) is 17.6. The summed E-state index contributed by atoms with van der Waals surface area (Å²) in [6.07, 6.45) is 4.97. The number of carbonyl (C=O) groups excluding carboxylic acids is 1. The fourth-order valence-corrected chi connectivity index (χ4v) is 2.96. The van der Waals surface area contributed by atoms with Gasteiger partial charge < -0.3 is 15.8 Å². The van der Waals surface area contributed by atoms with E-state index in [1.165, 1.54) is 6.42 Å². The number of nitrogens with one attached hydrogen (secondary N) is 1. The number of rotatable bonds is 4. The molecule has 110 valence electrons. The maximum atomic E-state index is 12.6. The Bertz CT molecular complexity index is 485. The fraction of sp³-hybridized carbons (Fsp3) is 0.533. The van der Waals surface area contributed by atoms with Crippen LogP contribution in [0.4, 0.5) is 5.69 Å². The van der Waals surface area contributed by atoms with Crippen LogP contribution in [0.5, 0.6) is 5.75 Å². The quantitative estimate of drug-likeness (QED) is 0.897. The molecular formula is C15H21ClN2O2. The van der Waals surface area contributed by atoms with Crippen molar-refractivity contribution in [2.75, 3.05) is 19.0 Å². The van der Waals surface area contributed by atoms with Gasteiger partial charge in [0.1, 0.15) is 5.75 Å². The monoisotopic (exact) mass is 296 g/mol. The summed E-state index contributed by atoms with van der Waals surface area (Å²) < 4.78 is 5.25. The molecule has 0 radical (unpaired) electrons. The van der Waals surface area contributed by atoms with E-state index in [0.717, 1.165) is 25.7 Å². The molecule has 0 heterocycles. The van der Waals surface area contributed by atoms with E-state index >= 15 is 0 Å². The van der Waals surface area contributed by atoms with Gasteiger partial charge in [-0.25, -0.2) is 0 Å². The van der Waals surface area contributed by atoms with Crippen molar-refractivity contribution in [2.24, 2.45) is 11.1 Å². The molecule has 1 saturated carbocycles. The molecule has 5 heteroatoms. The second-order valence-corrected chi connectivity index (χ2v) is 5.78. The third-order valence-electron chi connectivity index (χ3n) is 4.09. The van der Waals surface area contributed by atoms with Crippen LogP contribution in [0.3, 0.4) is 0 Å². The minimum Gasteiger partial charge on any atom is -0.495 e. The zero-order valence-corrected chi connectivity index (χ0v) is 12.5. The smallest absolute Gasteiger partial charge is 0.231 e. The Morgan fingerprint density at radius 3 is 2.70 bits per heavy atom. The van der Waals surface area contributed by atoms with E-state index in [-0.39, 0.29) is 5.91 Å². The Kier molecular flexibility index (Phi) is 4.89. The van der Waals surface area contributed by atoms with E-state index in [2.05, 4.69) is 5.32 Å². The van der Waals surface area contributed by atoms with Crippen LogP contribution < -0.4 is 15.8 Å². The lowest BCUT2D eigenvalue weighted by Crippen LogP contribution is -2.43. The maximum Gasteiger partial charge on any atom is 0.231 e. The number of hydrogen-bond acceptors (Lipinski definition) is 3. The van der Waals surface area contributed by atoms with E-state index in [1.54, 1.807) is 25.3 Å². The van der Waals surface area contributed by atoms with Crippen molar-refractivity contribution < 1.29 is 9.53 Å². The predicted molar refractivity (Wildman–Crippen MR) is 81.2 cm³/mol. The molecule has 0 aliphatic heterocycles. The number of nitrogens with two attached hydrogens (primary N) is 1. The molecule has 1 aromatic carbocycles. The van der Waals surface area contributed by atoms with Crippen molar-refractivity contribution in [1.29, 1.82) is 0 Å². The summed E-state index contributed by atoms with van der Waals surface area (Å²) in [6, 6.07) is 5.18. The molecular weight excluding hydrogens is 276 g/mol. The summed E-state index contributed by atoms with van der Waals surface area (Å²) >= 11 is 5.98. The van der Waals surface area contributed by atoms with Crippen molar-refractivity contribution in [3.8, 4) is 5.75 Å². The Labute approximate surface area is 124 Å². The number of halogens is 1. The molecule has 3 N–H and O–H groups in total. The van der Waals surface area contributed by atoms with Gasteiger partial charge in [0.2, 0.25) is 5.91 Å². The van der Waals surface area contributed by atoms with Crippen LogP contribution in [0.15, 0.2) is 18.2 Å². The Morgan fingerprint density at radius 2 is 2.10 bits per heavy atom. The van der Waals surface area contributed by atoms with Gasteiger partial charge in [-0.05, 0) is 31.0 Å². The van der Waals surface area contributed by atoms with E-state index in [0.29, 0.717) is 23.0 Å². The average Bonchev–Trinajstić information content (AvgIpc) is 2.48. The van der Waals surface area contributed by atoms with Crippen molar-refractivity contribution in [2.45, 2.75) is 32.1 Å². The third kappa shape index (κ3) is 3.07. The molecule has 0 bridgehead atoms. The van der Waals surface area contributed by atoms with E-state index in [9.17, 15) is 4.79 Å². The summed E-state index contributed by atoms with van der Waals surface area (Å²) in [4.78, 5) is 12.6. The number of amides is 1. The molecule has 1 amide bonds. The molecule has 2 rings (SSSR count). The van der Waals surface area contributed by atoms with Crippen LogP contribution >= 0.6 is 11.6 Å². The maximum absolute atomic E-state index is 12.6. The number of ether oxygens (including phenoxy) is 1. The summed E-state index contributed by atoms with van der Waals surface area (Å²) in [7, 11) is 1.57. The summed E-state index contributed by atoms with van der Waals surface area (Å²) in [6.45, 7) is 0.377. The van der Waals surface area contributed by atoms with Gasteiger partial charge >= 0.3 is 0 Å². The summed E-state index contributed by atoms with van der Waals surface area (Å²) in [5.74, 6) is 0.575. The summed E-state index contributed by atoms with van der Waals surface area (Å²) in [5.41, 5.74) is 6.02. The highest BCUT2D eigenvalue weighted by molar-refractivity contribution is 6.31. The largest absolute Gasteiger partial charge is 0.495 e. The molecule has 1 aromatic rings. The van der Waals surface area contributed by atoms with Crippen LogP contribution in [-0.2, 0) is 4.79 Å². The lowest BCUT2D eigenvalue weighted by atomic mass is 9.73. The standard InChI is InChI=1S/C15H21ClN2O2/c1-20-13-6-5-11(16)9-12(13)18-14(19)15(10-17)7-3-2-4-8-15/h5-6,9H,2-4,7-8,10,17H2,1H3,(H,18,19). The van der Waals surface area contributed by atoms with Crippen molar-refractivity contribution in [3.63, 3.8) is 0 Å². The van der Waals surface area contributed by atoms with Crippen molar-refractivity contribution in [1.82, 2.24) is 0 Å². The molecule has 1 fully saturated rings. The van der Waals surface area contributed by atoms with Gasteiger partial charge in [-0.1, -0.05) is 30.9 Å². The highest BCUT2D eigenvalue weighted by atomic mass is 35.5. The van der Waals surface area contributed by atoms with Gasteiger partial charge in [0.25, 0.3) is 0 Å². The minimum atomic E-state index is -0.453. The Hall–Kier alpha value is -1.26. The van der Waals surface area contributed by atoms with Gasteiger partial charge in [-0.2, -0.15) is 0 Å². The number of hydrogen-bond donors (Lipinski definition) is 2. The zero-order valence-electron chi connectivity index (χ0n) is 11.7. The highest BCUT2D eigenvalue weighted by Gasteiger charge is 2.38. The predicted octanol–water partition coefficient (Wildman–Crippen LogP) is 3.20. The van der Waals surface area contributed by atoms with E-state index in [1.807, 2.05) is 0 Å². The van der Waals surface area contributed by atoms with Gasteiger partial charge in [-0.15, -0.1) is 0 Å². The molecule has 0 spiro atoms. The lowest BCUT2D eigenvalue weighted by Gasteiger charge is -2.34. The van der Waals surface area contributed by atoms with Crippen LogP contribution in [0, 0.1) is 5.41 Å².